The van der Waals surface area contributed by atoms with Gasteiger partial charge in [-0.25, -0.2) is 0 Å². The number of rotatable bonds is 13. The zero-order chi connectivity index (χ0) is 22.9. The number of fused-ring (bicyclic) bond motifs is 3. The van der Waals surface area contributed by atoms with Crippen LogP contribution in [-0.2, 0) is 14.3 Å². The third kappa shape index (κ3) is 5.95. The van der Waals surface area contributed by atoms with Crippen molar-refractivity contribution in [3.8, 4) is 11.1 Å². The average molecular weight is 425 g/mol. The van der Waals surface area contributed by atoms with Crippen LogP contribution in [-0.4, -0.2) is 30.2 Å². The second-order valence-electron chi connectivity index (χ2n) is 8.12. The van der Waals surface area contributed by atoms with Crippen LogP contribution in [0.4, 0.5) is 0 Å². The molecule has 0 amide bonds. The molecule has 1 aliphatic rings. The predicted molar refractivity (Wildman–Crippen MR) is 122 cm³/mol. The van der Waals surface area contributed by atoms with Crippen LogP contribution in [0.5, 0.6) is 0 Å². The van der Waals surface area contributed by atoms with E-state index in [1.165, 1.54) is 0 Å². The van der Waals surface area contributed by atoms with E-state index in [1.54, 1.807) is 0 Å². The predicted octanol–water partition coefficient (Wildman–Crippen LogP) is 5.12. The average Bonchev–Trinajstić information content (AvgIpc) is 3.12. The molecule has 0 heterocycles. The van der Waals surface area contributed by atoms with E-state index in [9.17, 15) is 14.7 Å². The van der Waals surface area contributed by atoms with E-state index in [2.05, 4.69) is 12.1 Å². The molecule has 166 valence electrons. The fraction of sp³-hybridized carbons (Fsp3) is 0.462. The summed E-state index contributed by atoms with van der Waals surface area (Å²) in [7, 11) is 0. The smallest absolute Gasteiger partial charge is 0.320 e. The third-order valence-corrected chi connectivity index (χ3v) is 5.95. The first-order chi connectivity index (χ1) is 15.5. The number of ether oxygens (including phenoxy) is 1. The topological polar surface area (TPSA) is 89.6 Å². The normalized spacial score (nSPS) is 14.9. The van der Waals surface area contributed by atoms with Crippen molar-refractivity contribution in [2.75, 3.05) is 13.2 Å². The number of benzene rings is 2. The lowest BCUT2D eigenvalue weighted by Crippen LogP contribution is -2.27. The van der Waals surface area contributed by atoms with Crippen molar-refractivity contribution < 1.29 is 20.8 Å². The van der Waals surface area contributed by atoms with Crippen molar-refractivity contribution in [1.82, 2.24) is 0 Å². The Bertz CT molecular complexity index is 871. The van der Waals surface area contributed by atoms with Gasteiger partial charge in [0.1, 0.15) is 6.61 Å². The Hall–Kier alpha value is -2.66. The number of hydrogen-bond acceptors (Lipinski definition) is 4. The fourth-order valence-electron chi connectivity index (χ4n) is 4.25. The maximum absolute atomic E-state index is 12.7. The molecule has 0 fully saturated rings. The van der Waals surface area contributed by atoms with E-state index >= 15 is 0 Å². The van der Waals surface area contributed by atoms with Crippen molar-refractivity contribution in [3.05, 3.63) is 59.7 Å². The van der Waals surface area contributed by atoms with Crippen LogP contribution < -0.4 is 5.73 Å². The van der Waals surface area contributed by atoms with Crippen molar-refractivity contribution in [1.29, 1.82) is 0 Å². The van der Waals surface area contributed by atoms with Crippen molar-refractivity contribution in [2.45, 2.75) is 57.3 Å². The minimum atomic E-state index is -1.30. The molecule has 2 unspecified atom stereocenters. The Morgan fingerprint density at radius 1 is 0.935 bits per heavy atom. The van der Waals surface area contributed by atoms with Gasteiger partial charge < -0.3 is 15.6 Å². The fourth-order valence-corrected chi connectivity index (χ4v) is 4.25. The van der Waals surface area contributed by atoms with Crippen LogP contribution in [0.1, 0.15) is 69.8 Å². The van der Waals surface area contributed by atoms with Gasteiger partial charge in [-0.15, -0.1) is 0 Å². The highest BCUT2D eigenvalue weighted by Gasteiger charge is 2.32. The second-order valence-corrected chi connectivity index (χ2v) is 8.12. The van der Waals surface area contributed by atoms with Gasteiger partial charge in [0.25, 0.3) is 0 Å². The second kappa shape index (κ2) is 11.7. The number of carbonyl (C=O) groups excluding carboxylic acids is 1. The maximum Gasteiger partial charge on any atom is 0.320 e. The lowest BCUT2D eigenvalue weighted by molar-refractivity contribution is -0.159. The van der Waals surface area contributed by atoms with Crippen LogP contribution >= 0.6 is 0 Å². The van der Waals surface area contributed by atoms with E-state index in [-0.39, 0.29) is 18.9 Å². The number of hydrogen-bond donors (Lipinski definition) is 2. The maximum atomic E-state index is 12.7. The molecule has 2 aromatic carbocycles. The largest absolute Gasteiger partial charge is 0.481 e. The first-order valence-electron chi connectivity index (χ1n) is 11.8. The van der Waals surface area contributed by atoms with Crippen LogP contribution in [0.2, 0.25) is 0 Å². The van der Waals surface area contributed by atoms with Crippen LogP contribution in [0, 0.1) is 5.92 Å². The molecule has 0 radical (unpaired) electrons. The Morgan fingerprint density at radius 2 is 1.48 bits per heavy atom. The molecule has 5 nitrogen and oxygen atoms in total. The summed E-state index contributed by atoms with van der Waals surface area (Å²) in [6.45, 7) is 0.794. The Kier molecular flexibility index (Phi) is 8.11. The Morgan fingerprint density at radius 3 is 2.06 bits per heavy atom. The monoisotopic (exact) mass is 424 g/mol. The van der Waals surface area contributed by atoms with Crippen molar-refractivity contribution in [3.63, 3.8) is 0 Å². The number of esters is 1. The summed E-state index contributed by atoms with van der Waals surface area (Å²) >= 11 is 0. The number of carbonyl (C=O) groups is 2. The molecule has 2 atom stereocenters. The molecule has 0 aromatic heterocycles. The molecule has 5 heteroatoms. The van der Waals surface area contributed by atoms with Gasteiger partial charge in [-0.05, 0) is 41.6 Å². The molecule has 0 aliphatic heterocycles. The summed E-state index contributed by atoms with van der Waals surface area (Å²) in [6, 6.07) is 16.0. The van der Waals surface area contributed by atoms with Gasteiger partial charge in [-0.3, -0.25) is 9.59 Å². The highest BCUT2D eigenvalue weighted by molar-refractivity contribution is 5.94. The quantitative estimate of drug-likeness (QED) is 0.265. The highest BCUT2D eigenvalue weighted by atomic mass is 16.5. The number of nitrogens with two attached hydrogens (primary N) is 1. The van der Waals surface area contributed by atoms with Crippen molar-refractivity contribution in [2.24, 2.45) is 11.7 Å². The van der Waals surface area contributed by atoms with Gasteiger partial charge >= 0.3 is 11.9 Å². The zero-order valence-electron chi connectivity index (χ0n) is 19.0. The first-order valence-corrected chi connectivity index (χ1v) is 11.2. The van der Waals surface area contributed by atoms with Crippen molar-refractivity contribution >= 4 is 11.9 Å². The highest BCUT2D eigenvalue weighted by Crippen LogP contribution is 2.44. The molecule has 31 heavy (non-hydrogen) atoms. The van der Waals surface area contributed by atoms with Gasteiger partial charge in [0, 0.05) is 7.29 Å². The molecule has 0 saturated carbocycles. The first kappa shape index (κ1) is 21.6. The Balaban J connectivity index is 1.55. The third-order valence-electron chi connectivity index (χ3n) is 5.95. The van der Waals surface area contributed by atoms with Crippen LogP contribution in [0.25, 0.3) is 11.1 Å². The van der Waals surface area contributed by atoms with E-state index in [4.69, 9.17) is 11.8 Å². The summed E-state index contributed by atoms with van der Waals surface area (Å²) in [6.07, 6.45) is 4.99. The molecule has 1 aliphatic carbocycles. The molecule has 3 rings (SSSR count). The standard InChI is InChI=1S/C26H33NO4/c27-17-11-5-3-1-2-4-6-16-23(25(28)29)26(30)31-18-24-21-14-9-7-12-19(21)20-13-8-10-15-22(20)24/h7-10,12-15,23-24H,1-6,11,16-18,27H2,(H,28,29)/i6D. The van der Waals surface area contributed by atoms with E-state index in [0.29, 0.717) is 13.0 Å². The summed E-state index contributed by atoms with van der Waals surface area (Å²) in [4.78, 5) is 24.4. The summed E-state index contributed by atoms with van der Waals surface area (Å²) in [5, 5.41) is 9.57. The number of unbranched alkanes of at least 4 members (excludes halogenated alkanes) is 4. The SMILES string of the molecule is [2H]C(CCCCCCCN)CC(C(=O)O)C(=O)OCC1c2ccccc2-c2ccccc21. The summed E-state index contributed by atoms with van der Waals surface area (Å²) in [5.41, 5.74) is 9.90. The summed E-state index contributed by atoms with van der Waals surface area (Å²) in [5.74, 6) is -3.38. The lowest BCUT2D eigenvalue weighted by atomic mass is 9.97. The van der Waals surface area contributed by atoms with Gasteiger partial charge in [0.2, 0.25) is 0 Å². The number of carboxylic acid groups (broad SMARTS) is 1. The molecule has 2 aromatic rings. The number of carboxylic acids is 1. The molecule has 0 spiro atoms. The molecular weight excluding hydrogens is 390 g/mol. The minimum Gasteiger partial charge on any atom is -0.481 e. The van der Waals surface area contributed by atoms with Gasteiger partial charge in [0.15, 0.2) is 5.92 Å². The van der Waals surface area contributed by atoms with Gasteiger partial charge in [0.05, 0.1) is 0 Å². The van der Waals surface area contributed by atoms with Gasteiger partial charge in [-0.1, -0.05) is 87.0 Å². The van der Waals surface area contributed by atoms with E-state index in [1.807, 2.05) is 36.4 Å². The van der Waals surface area contributed by atoms with E-state index in [0.717, 1.165) is 54.4 Å². The zero-order valence-corrected chi connectivity index (χ0v) is 18.0. The lowest BCUT2D eigenvalue weighted by Gasteiger charge is -2.17. The van der Waals surface area contributed by atoms with Crippen LogP contribution in [0.15, 0.2) is 48.5 Å². The minimum absolute atomic E-state index is 0.0190. The molecule has 3 N–H and O–H groups in total. The van der Waals surface area contributed by atoms with Crippen LogP contribution in [0.3, 0.4) is 0 Å². The van der Waals surface area contributed by atoms with E-state index < -0.39 is 24.3 Å². The molecular formula is C26H33NO4. The molecule has 0 saturated heterocycles. The number of aliphatic carboxylic acids is 1. The Labute approximate surface area is 186 Å². The molecule has 0 bridgehead atoms. The van der Waals surface area contributed by atoms with Gasteiger partial charge in [-0.2, -0.15) is 0 Å². The summed E-state index contributed by atoms with van der Waals surface area (Å²) < 4.78 is 13.7.